The maximum atomic E-state index is 12.8. The Morgan fingerprint density at radius 3 is 2.52 bits per heavy atom. The fraction of sp³-hybridized carbons (Fsp3) is 0.529. The van der Waals surface area contributed by atoms with Crippen molar-refractivity contribution in [2.24, 2.45) is 0 Å². The summed E-state index contributed by atoms with van der Waals surface area (Å²) in [5, 5.41) is 2.62. The molecule has 2 rings (SSSR count). The molecule has 1 heterocycles. The van der Waals surface area contributed by atoms with Gasteiger partial charge in [-0.1, -0.05) is 6.07 Å². The van der Waals surface area contributed by atoms with Crippen LogP contribution in [0.4, 0.5) is 13.2 Å². The van der Waals surface area contributed by atoms with E-state index in [9.17, 15) is 22.8 Å². The predicted molar refractivity (Wildman–Crippen MR) is 90.2 cm³/mol. The lowest BCUT2D eigenvalue weighted by Crippen LogP contribution is -2.50. The van der Waals surface area contributed by atoms with Gasteiger partial charge in [-0.3, -0.25) is 9.59 Å². The zero-order chi connectivity index (χ0) is 18.4. The molecule has 4 nitrogen and oxygen atoms in total. The Labute approximate surface area is 149 Å². The van der Waals surface area contributed by atoms with Gasteiger partial charge in [-0.25, -0.2) is 0 Å². The van der Waals surface area contributed by atoms with Crippen LogP contribution in [-0.4, -0.2) is 41.6 Å². The number of benzene rings is 1. The number of hydrogen-bond acceptors (Lipinski definition) is 3. The summed E-state index contributed by atoms with van der Waals surface area (Å²) < 4.78 is 38.3. The number of piperidine rings is 1. The number of thioether (sulfide) groups is 1. The molecule has 0 spiro atoms. The molecule has 1 aliphatic heterocycles. The summed E-state index contributed by atoms with van der Waals surface area (Å²) in [6, 6.07) is 4.23. The van der Waals surface area contributed by atoms with Crippen LogP contribution >= 0.6 is 11.8 Å². The summed E-state index contributed by atoms with van der Waals surface area (Å²) in [4.78, 5) is 26.1. The first-order valence-electron chi connectivity index (χ1n) is 8.13. The fourth-order valence-corrected chi connectivity index (χ4v) is 3.67. The lowest BCUT2D eigenvalue weighted by Gasteiger charge is -2.30. The van der Waals surface area contributed by atoms with Crippen molar-refractivity contribution in [1.82, 2.24) is 10.2 Å². The van der Waals surface area contributed by atoms with E-state index in [1.165, 1.54) is 13.0 Å². The van der Waals surface area contributed by atoms with Gasteiger partial charge in [0.05, 0.1) is 5.56 Å². The predicted octanol–water partition coefficient (Wildman–Crippen LogP) is 3.31. The number of carbonyl (C=O) groups excluding carboxylic acids is 2. The third-order valence-electron chi connectivity index (χ3n) is 3.92. The van der Waals surface area contributed by atoms with Gasteiger partial charge in [0.1, 0.15) is 6.04 Å². The Balaban J connectivity index is 2.04. The monoisotopic (exact) mass is 374 g/mol. The summed E-state index contributed by atoms with van der Waals surface area (Å²) in [5.41, 5.74) is -0.726. The number of amides is 2. The number of nitrogens with one attached hydrogen (secondary N) is 1. The number of rotatable bonds is 5. The largest absolute Gasteiger partial charge is 0.416 e. The third kappa shape index (κ3) is 5.95. The average Bonchev–Trinajstić information content (AvgIpc) is 2.58. The number of alkyl halides is 3. The second kappa shape index (κ2) is 8.60. The molecule has 1 aromatic rings. The smallest absolute Gasteiger partial charge is 0.344 e. The van der Waals surface area contributed by atoms with Crippen molar-refractivity contribution in [3.05, 3.63) is 29.8 Å². The maximum absolute atomic E-state index is 12.8. The van der Waals surface area contributed by atoms with Crippen LogP contribution in [0.1, 0.15) is 31.7 Å². The van der Waals surface area contributed by atoms with Gasteiger partial charge < -0.3 is 10.2 Å². The highest BCUT2D eigenvalue weighted by atomic mass is 32.2. The molecule has 1 fully saturated rings. The molecule has 138 valence electrons. The van der Waals surface area contributed by atoms with E-state index in [4.69, 9.17) is 0 Å². The molecule has 0 radical (unpaired) electrons. The van der Waals surface area contributed by atoms with Crippen molar-refractivity contribution >= 4 is 23.6 Å². The molecule has 25 heavy (non-hydrogen) atoms. The zero-order valence-corrected chi connectivity index (χ0v) is 14.8. The first-order chi connectivity index (χ1) is 11.8. The molecular formula is C17H21F3N2O2S. The lowest BCUT2D eigenvalue weighted by molar-refractivity contribution is -0.137. The number of likely N-dealkylation sites (tertiary alicyclic amines) is 1. The molecule has 8 heteroatoms. The SMILES string of the molecule is CC(=O)NC(CSc1cccc(C(F)(F)F)c1)C(=O)N1CCCCC1. The van der Waals surface area contributed by atoms with Crippen molar-refractivity contribution in [2.75, 3.05) is 18.8 Å². The molecule has 0 saturated carbocycles. The zero-order valence-electron chi connectivity index (χ0n) is 13.9. The average molecular weight is 374 g/mol. The summed E-state index contributed by atoms with van der Waals surface area (Å²) >= 11 is 1.13. The Bertz CT molecular complexity index is 616. The van der Waals surface area contributed by atoms with Crippen molar-refractivity contribution in [3.63, 3.8) is 0 Å². The van der Waals surface area contributed by atoms with Crippen LogP contribution in [0, 0.1) is 0 Å². The van der Waals surface area contributed by atoms with E-state index >= 15 is 0 Å². The van der Waals surface area contributed by atoms with E-state index in [0.29, 0.717) is 18.0 Å². The molecule has 2 amide bonds. The second-order valence-electron chi connectivity index (χ2n) is 5.98. The molecule has 1 N–H and O–H groups in total. The number of halogens is 3. The summed E-state index contributed by atoms with van der Waals surface area (Å²) in [6.07, 6.45) is -1.47. The van der Waals surface area contributed by atoms with Crippen molar-refractivity contribution in [1.29, 1.82) is 0 Å². The maximum Gasteiger partial charge on any atom is 0.416 e. The minimum absolute atomic E-state index is 0.172. The first kappa shape index (κ1) is 19.6. The molecule has 1 aliphatic rings. The molecule has 1 aromatic carbocycles. The van der Waals surface area contributed by atoms with Gasteiger partial charge in [0.25, 0.3) is 0 Å². The van der Waals surface area contributed by atoms with Crippen LogP contribution in [0.5, 0.6) is 0 Å². The molecule has 0 aromatic heterocycles. The van der Waals surface area contributed by atoms with Crippen LogP contribution in [0.25, 0.3) is 0 Å². The fourth-order valence-electron chi connectivity index (χ4n) is 2.70. The van der Waals surface area contributed by atoms with Gasteiger partial charge in [-0.05, 0) is 37.5 Å². The van der Waals surface area contributed by atoms with Crippen LogP contribution in [0.2, 0.25) is 0 Å². The Kier molecular flexibility index (Phi) is 6.75. The number of hydrogen-bond donors (Lipinski definition) is 1. The molecule has 0 aliphatic carbocycles. The van der Waals surface area contributed by atoms with Gasteiger partial charge in [-0.2, -0.15) is 13.2 Å². The molecule has 0 bridgehead atoms. The molecule has 1 unspecified atom stereocenters. The van der Waals surface area contributed by atoms with Crippen LogP contribution in [-0.2, 0) is 15.8 Å². The Hall–Kier alpha value is -1.70. The van der Waals surface area contributed by atoms with E-state index in [-0.39, 0.29) is 17.6 Å². The minimum Gasteiger partial charge on any atom is -0.344 e. The van der Waals surface area contributed by atoms with Crippen molar-refractivity contribution < 1.29 is 22.8 Å². The summed E-state index contributed by atoms with van der Waals surface area (Å²) in [6.45, 7) is 2.64. The first-order valence-corrected chi connectivity index (χ1v) is 9.12. The van der Waals surface area contributed by atoms with E-state index in [1.54, 1.807) is 11.0 Å². The van der Waals surface area contributed by atoms with E-state index < -0.39 is 17.8 Å². The van der Waals surface area contributed by atoms with Gasteiger partial charge >= 0.3 is 6.18 Å². The topological polar surface area (TPSA) is 49.4 Å². The van der Waals surface area contributed by atoms with Gasteiger partial charge in [-0.15, -0.1) is 11.8 Å². The summed E-state index contributed by atoms with van der Waals surface area (Å²) in [7, 11) is 0. The standard InChI is InChI=1S/C17H21F3N2O2S/c1-12(23)21-15(16(24)22-8-3-2-4-9-22)11-25-14-7-5-6-13(10-14)17(18,19)20/h5-7,10,15H,2-4,8-9,11H2,1H3,(H,21,23). The van der Waals surface area contributed by atoms with Gasteiger partial charge in [0.2, 0.25) is 11.8 Å². The van der Waals surface area contributed by atoms with E-state index in [2.05, 4.69) is 5.32 Å². The van der Waals surface area contributed by atoms with Gasteiger partial charge in [0.15, 0.2) is 0 Å². The Morgan fingerprint density at radius 1 is 1.24 bits per heavy atom. The van der Waals surface area contributed by atoms with E-state index in [1.807, 2.05) is 0 Å². The number of nitrogens with zero attached hydrogens (tertiary/aromatic N) is 1. The second-order valence-corrected chi connectivity index (χ2v) is 7.07. The highest BCUT2D eigenvalue weighted by Gasteiger charge is 2.31. The minimum atomic E-state index is -4.41. The van der Waals surface area contributed by atoms with Gasteiger partial charge in [0, 0.05) is 30.7 Å². The number of carbonyl (C=O) groups is 2. The third-order valence-corrected chi connectivity index (χ3v) is 5.01. The summed E-state index contributed by atoms with van der Waals surface area (Å²) in [5.74, 6) is -0.315. The molecular weight excluding hydrogens is 353 g/mol. The highest BCUT2D eigenvalue weighted by molar-refractivity contribution is 7.99. The van der Waals surface area contributed by atoms with Crippen LogP contribution in [0.3, 0.4) is 0 Å². The normalized spacial score (nSPS) is 16.4. The molecule has 1 saturated heterocycles. The van der Waals surface area contributed by atoms with E-state index in [0.717, 1.165) is 43.2 Å². The van der Waals surface area contributed by atoms with Crippen LogP contribution < -0.4 is 5.32 Å². The quantitative estimate of drug-likeness (QED) is 0.805. The molecule has 1 atom stereocenters. The van der Waals surface area contributed by atoms with Crippen LogP contribution in [0.15, 0.2) is 29.2 Å². The lowest BCUT2D eigenvalue weighted by atomic mass is 10.1. The Morgan fingerprint density at radius 2 is 1.92 bits per heavy atom. The van der Waals surface area contributed by atoms with Crippen molar-refractivity contribution in [3.8, 4) is 0 Å². The highest BCUT2D eigenvalue weighted by Crippen LogP contribution is 2.32. The van der Waals surface area contributed by atoms with Crippen molar-refractivity contribution in [2.45, 2.75) is 43.3 Å².